The Bertz CT molecular complexity index is 405. The largest absolute Gasteiger partial charge is 0.508 e. The molecule has 0 bridgehead atoms. The average molecular weight is 253 g/mol. The van der Waals surface area contributed by atoms with E-state index in [1.165, 1.54) is 6.07 Å². The molecule has 0 saturated heterocycles. The summed E-state index contributed by atoms with van der Waals surface area (Å²) in [6.07, 6.45) is 2.36. The predicted octanol–water partition coefficient (Wildman–Crippen LogP) is 2.75. The minimum absolute atomic E-state index is 0.00989. The minimum atomic E-state index is -0.413. The maximum absolute atomic E-state index is 12.9. The summed E-state index contributed by atoms with van der Waals surface area (Å²) in [5.41, 5.74) is 0.733. The first-order chi connectivity index (χ1) is 8.60. The molecule has 4 heteroatoms. The van der Waals surface area contributed by atoms with Gasteiger partial charge in [0.2, 0.25) is 0 Å². The van der Waals surface area contributed by atoms with Crippen LogP contribution < -0.4 is 5.32 Å². The van der Waals surface area contributed by atoms with Crippen LogP contribution in [-0.4, -0.2) is 23.9 Å². The number of hydrogen-bond donors (Lipinski definition) is 2. The van der Waals surface area contributed by atoms with Crippen molar-refractivity contribution in [2.24, 2.45) is 0 Å². The van der Waals surface area contributed by atoms with Crippen molar-refractivity contribution < 1.29 is 14.2 Å². The third kappa shape index (κ3) is 3.00. The lowest BCUT2D eigenvalue weighted by atomic mass is 9.88. The van der Waals surface area contributed by atoms with Crippen molar-refractivity contribution in [2.75, 3.05) is 6.61 Å². The van der Waals surface area contributed by atoms with Crippen LogP contribution in [0.15, 0.2) is 18.2 Å². The van der Waals surface area contributed by atoms with Crippen LogP contribution in [0.2, 0.25) is 0 Å². The molecule has 2 rings (SSSR count). The molecule has 1 fully saturated rings. The quantitative estimate of drug-likeness (QED) is 0.847. The topological polar surface area (TPSA) is 41.5 Å². The molecule has 2 N–H and O–H groups in total. The van der Waals surface area contributed by atoms with Gasteiger partial charge in [-0.2, -0.15) is 0 Å². The van der Waals surface area contributed by atoms with E-state index >= 15 is 0 Å². The third-order valence-electron chi connectivity index (χ3n) is 3.44. The molecule has 1 aliphatic carbocycles. The Balaban J connectivity index is 1.87. The zero-order valence-corrected chi connectivity index (χ0v) is 10.8. The first-order valence-electron chi connectivity index (χ1n) is 6.46. The summed E-state index contributed by atoms with van der Waals surface area (Å²) < 4.78 is 18.4. The first-order valence-corrected chi connectivity index (χ1v) is 6.46. The van der Waals surface area contributed by atoms with Gasteiger partial charge in [0.1, 0.15) is 11.6 Å². The fourth-order valence-corrected chi connectivity index (χ4v) is 2.40. The van der Waals surface area contributed by atoms with Crippen LogP contribution in [0.5, 0.6) is 5.75 Å². The highest BCUT2D eigenvalue weighted by Crippen LogP contribution is 2.29. The lowest BCUT2D eigenvalue weighted by molar-refractivity contribution is -0.0120. The Kier molecular flexibility index (Phi) is 4.19. The van der Waals surface area contributed by atoms with E-state index < -0.39 is 5.82 Å². The summed E-state index contributed by atoms with van der Waals surface area (Å²) in [5, 5.41) is 13.1. The van der Waals surface area contributed by atoms with Crippen LogP contribution >= 0.6 is 0 Å². The smallest absolute Gasteiger partial charge is 0.126 e. The molecule has 18 heavy (non-hydrogen) atoms. The van der Waals surface area contributed by atoms with E-state index in [2.05, 4.69) is 5.32 Å². The predicted molar refractivity (Wildman–Crippen MR) is 68.1 cm³/mol. The van der Waals surface area contributed by atoms with E-state index in [0.717, 1.165) is 31.1 Å². The van der Waals surface area contributed by atoms with Gasteiger partial charge < -0.3 is 15.2 Å². The molecule has 0 amide bonds. The van der Waals surface area contributed by atoms with Crippen LogP contribution in [0, 0.1) is 5.82 Å². The highest BCUT2D eigenvalue weighted by molar-refractivity contribution is 5.35. The number of phenolic OH excluding ortho intramolecular Hbond substituents is 1. The molecule has 0 radical (unpaired) electrons. The Labute approximate surface area is 107 Å². The summed E-state index contributed by atoms with van der Waals surface area (Å²) >= 11 is 0. The molecule has 0 spiro atoms. The molecule has 1 aromatic carbocycles. The molecular formula is C14H20FNO2. The van der Waals surface area contributed by atoms with E-state index in [-0.39, 0.29) is 11.8 Å². The average Bonchev–Trinajstić information content (AvgIpc) is 2.26. The zero-order chi connectivity index (χ0) is 13.1. The zero-order valence-electron chi connectivity index (χ0n) is 10.8. The monoisotopic (exact) mass is 253 g/mol. The second-order valence-electron chi connectivity index (χ2n) is 4.84. The standard InChI is InChI=1S/C14H20FNO2/c1-3-18-12-7-11(8-12)16-9(2)13-5-4-10(15)6-14(13)17/h4-6,9,11-12,16-17H,3,7-8H2,1-2H3. The van der Waals surface area contributed by atoms with Crippen molar-refractivity contribution >= 4 is 0 Å². The summed E-state index contributed by atoms with van der Waals surface area (Å²) in [6, 6.07) is 4.58. The first kappa shape index (κ1) is 13.3. The van der Waals surface area contributed by atoms with Gasteiger partial charge in [-0.25, -0.2) is 4.39 Å². The highest BCUT2D eigenvalue weighted by Gasteiger charge is 2.30. The molecule has 0 heterocycles. The fourth-order valence-electron chi connectivity index (χ4n) is 2.40. The normalized spacial score (nSPS) is 24.6. The maximum Gasteiger partial charge on any atom is 0.126 e. The van der Waals surface area contributed by atoms with Crippen LogP contribution in [0.3, 0.4) is 0 Å². The number of benzene rings is 1. The highest BCUT2D eigenvalue weighted by atomic mass is 19.1. The molecule has 100 valence electrons. The fraction of sp³-hybridized carbons (Fsp3) is 0.571. The second-order valence-corrected chi connectivity index (χ2v) is 4.84. The second kappa shape index (κ2) is 5.67. The van der Waals surface area contributed by atoms with Gasteiger partial charge in [-0.3, -0.25) is 0 Å². The summed E-state index contributed by atoms with van der Waals surface area (Å²) in [5.74, 6) is -0.404. The van der Waals surface area contributed by atoms with Crippen molar-refractivity contribution in [1.29, 1.82) is 0 Å². The number of hydrogen-bond acceptors (Lipinski definition) is 3. The van der Waals surface area contributed by atoms with E-state index in [1.807, 2.05) is 13.8 Å². The number of rotatable bonds is 5. The van der Waals surface area contributed by atoms with Gasteiger partial charge in [0.05, 0.1) is 6.10 Å². The molecule has 1 aliphatic rings. The van der Waals surface area contributed by atoms with Gasteiger partial charge >= 0.3 is 0 Å². The Morgan fingerprint density at radius 1 is 1.50 bits per heavy atom. The van der Waals surface area contributed by atoms with Gasteiger partial charge in [0.15, 0.2) is 0 Å². The molecule has 0 aromatic heterocycles. The molecule has 3 nitrogen and oxygen atoms in total. The molecule has 1 aromatic rings. The van der Waals surface area contributed by atoms with Gasteiger partial charge in [0.25, 0.3) is 0 Å². The van der Waals surface area contributed by atoms with Crippen molar-refractivity contribution in [3.05, 3.63) is 29.6 Å². The van der Waals surface area contributed by atoms with Gasteiger partial charge in [-0.05, 0) is 32.8 Å². The van der Waals surface area contributed by atoms with Crippen molar-refractivity contribution in [3.8, 4) is 5.75 Å². The molecule has 0 aliphatic heterocycles. The number of nitrogens with one attached hydrogen (secondary N) is 1. The van der Waals surface area contributed by atoms with E-state index in [0.29, 0.717) is 12.1 Å². The SMILES string of the molecule is CCOC1CC(NC(C)c2ccc(F)cc2O)C1. The number of aromatic hydroxyl groups is 1. The molecular weight excluding hydrogens is 233 g/mol. The molecule has 1 saturated carbocycles. The van der Waals surface area contributed by atoms with Gasteiger partial charge in [0, 0.05) is 30.3 Å². The number of halogens is 1. The van der Waals surface area contributed by atoms with Crippen molar-refractivity contribution in [3.63, 3.8) is 0 Å². The Morgan fingerprint density at radius 2 is 2.22 bits per heavy atom. The van der Waals surface area contributed by atoms with Crippen molar-refractivity contribution in [1.82, 2.24) is 5.32 Å². The Hall–Kier alpha value is -1.13. The van der Waals surface area contributed by atoms with Crippen LogP contribution in [0.1, 0.15) is 38.3 Å². The van der Waals surface area contributed by atoms with E-state index in [1.54, 1.807) is 6.07 Å². The summed E-state index contributed by atoms with van der Waals surface area (Å²) in [6.45, 7) is 4.73. The van der Waals surface area contributed by atoms with Crippen LogP contribution in [0.4, 0.5) is 4.39 Å². The van der Waals surface area contributed by atoms with E-state index in [4.69, 9.17) is 4.74 Å². The lowest BCUT2D eigenvalue weighted by Gasteiger charge is -2.37. The number of phenols is 1. The van der Waals surface area contributed by atoms with E-state index in [9.17, 15) is 9.50 Å². The van der Waals surface area contributed by atoms with Crippen LogP contribution in [0.25, 0.3) is 0 Å². The number of ether oxygens (including phenoxy) is 1. The summed E-state index contributed by atoms with van der Waals surface area (Å²) in [4.78, 5) is 0. The lowest BCUT2D eigenvalue weighted by Crippen LogP contribution is -2.46. The van der Waals surface area contributed by atoms with Crippen LogP contribution in [-0.2, 0) is 4.74 Å². The van der Waals surface area contributed by atoms with Gasteiger partial charge in [-0.1, -0.05) is 6.07 Å². The summed E-state index contributed by atoms with van der Waals surface area (Å²) in [7, 11) is 0. The maximum atomic E-state index is 12.9. The van der Waals surface area contributed by atoms with Gasteiger partial charge in [-0.15, -0.1) is 0 Å². The Morgan fingerprint density at radius 3 is 2.83 bits per heavy atom. The molecule has 1 atom stereocenters. The minimum Gasteiger partial charge on any atom is -0.508 e. The van der Waals surface area contributed by atoms with Crippen molar-refractivity contribution in [2.45, 2.75) is 44.9 Å². The molecule has 1 unspecified atom stereocenters. The third-order valence-corrected chi connectivity index (χ3v) is 3.44.